The number of rotatable bonds is 5. The van der Waals surface area contributed by atoms with Gasteiger partial charge in [-0.25, -0.2) is 0 Å². The number of carbonyl (C=O) groups excluding carboxylic acids is 1. The molecule has 160 valence electrons. The fourth-order valence-electron chi connectivity index (χ4n) is 4.58. The number of hydrogen-bond acceptors (Lipinski definition) is 4. The standard InChI is InChI=1S/C25H33N3O2/c1-25(2,3)26-24(29)18-30-15-14-27-12-13-28-22-11-7-5-9-20(22)16-19-8-4-6-10-21(19)23(28)17-27/h4-11,23H,12-18H2,1-3H3,(H,26,29). The quantitative estimate of drug-likeness (QED) is 0.772. The molecule has 4 rings (SSSR count). The highest BCUT2D eigenvalue weighted by Gasteiger charge is 2.32. The zero-order chi connectivity index (χ0) is 21.1. The van der Waals surface area contributed by atoms with E-state index >= 15 is 0 Å². The zero-order valence-corrected chi connectivity index (χ0v) is 18.4. The molecule has 1 fully saturated rings. The predicted molar refractivity (Wildman–Crippen MR) is 121 cm³/mol. The largest absolute Gasteiger partial charge is 0.370 e. The molecule has 0 radical (unpaired) electrons. The highest BCUT2D eigenvalue weighted by molar-refractivity contribution is 5.77. The Hall–Kier alpha value is -2.37. The van der Waals surface area contributed by atoms with Crippen molar-refractivity contribution in [3.63, 3.8) is 0 Å². The number of anilines is 1. The van der Waals surface area contributed by atoms with Gasteiger partial charge in [0, 0.05) is 37.4 Å². The van der Waals surface area contributed by atoms with Crippen molar-refractivity contribution in [1.82, 2.24) is 10.2 Å². The Morgan fingerprint density at radius 1 is 1.07 bits per heavy atom. The maximum atomic E-state index is 11.9. The van der Waals surface area contributed by atoms with Crippen LogP contribution in [0.5, 0.6) is 0 Å². The molecule has 0 saturated carbocycles. The van der Waals surface area contributed by atoms with Gasteiger partial charge in [-0.05, 0) is 49.9 Å². The van der Waals surface area contributed by atoms with Gasteiger partial charge in [-0.1, -0.05) is 42.5 Å². The Morgan fingerprint density at radius 3 is 2.60 bits per heavy atom. The van der Waals surface area contributed by atoms with Crippen molar-refractivity contribution in [3.8, 4) is 0 Å². The van der Waals surface area contributed by atoms with Crippen LogP contribution in [0.2, 0.25) is 0 Å². The molecule has 1 atom stereocenters. The molecular weight excluding hydrogens is 374 g/mol. The molecule has 0 aromatic heterocycles. The van der Waals surface area contributed by atoms with Gasteiger partial charge in [-0.15, -0.1) is 0 Å². The van der Waals surface area contributed by atoms with Gasteiger partial charge in [-0.2, -0.15) is 0 Å². The molecule has 1 saturated heterocycles. The fraction of sp³-hybridized carbons (Fsp3) is 0.480. The van der Waals surface area contributed by atoms with Gasteiger partial charge < -0.3 is 15.0 Å². The van der Waals surface area contributed by atoms with Gasteiger partial charge in [0.2, 0.25) is 5.91 Å². The van der Waals surface area contributed by atoms with Crippen molar-refractivity contribution in [1.29, 1.82) is 0 Å². The summed E-state index contributed by atoms with van der Waals surface area (Å²) in [4.78, 5) is 17.0. The van der Waals surface area contributed by atoms with E-state index in [1.165, 1.54) is 22.4 Å². The minimum atomic E-state index is -0.222. The Bertz CT molecular complexity index is 890. The van der Waals surface area contributed by atoms with Crippen LogP contribution in [0.25, 0.3) is 0 Å². The molecule has 5 nitrogen and oxygen atoms in total. The summed E-state index contributed by atoms with van der Waals surface area (Å²) in [5, 5.41) is 2.94. The van der Waals surface area contributed by atoms with Crippen molar-refractivity contribution < 1.29 is 9.53 Å². The molecule has 1 N–H and O–H groups in total. The normalized spacial score (nSPS) is 18.8. The maximum absolute atomic E-state index is 11.9. The SMILES string of the molecule is CC(C)(C)NC(=O)COCCN1CCN2c3ccccc3Cc3ccccc3C2C1. The lowest BCUT2D eigenvalue weighted by Crippen LogP contribution is -2.49. The van der Waals surface area contributed by atoms with E-state index in [4.69, 9.17) is 4.74 Å². The number of carbonyl (C=O) groups is 1. The summed E-state index contributed by atoms with van der Waals surface area (Å²) >= 11 is 0. The van der Waals surface area contributed by atoms with Crippen molar-refractivity contribution in [2.75, 3.05) is 44.3 Å². The smallest absolute Gasteiger partial charge is 0.246 e. The summed E-state index contributed by atoms with van der Waals surface area (Å²) in [5.41, 5.74) is 5.42. The van der Waals surface area contributed by atoms with Gasteiger partial charge in [-0.3, -0.25) is 9.69 Å². The molecule has 2 aliphatic heterocycles. The van der Waals surface area contributed by atoms with Gasteiger partial charge in [0.15, 0.2) is 0 Å². The van der Waals surface area contributed by atoms with E-state index in [9.17, 15) is 4.79 Å². The molecule has 2 aromatic carbocycles. The molecule has 1 amide bonds. The molecule has 30 heavy (non-hydrogen) atoms. The van der Waals surface area contributed by atoms with Crippen LogP contribution in [0.15, 0.2) is 48.5 Å². The topological polar surface area (TPSA) is 44.8 Å². The van der Waals surface area contributed by atoms with E-state index in [-0.39, 0.29) is 18.1 Å². The van der Waals surface area contributed by atoms with Crippen molar-refractivity contribution in [3.05, 3.63) is 65.2 Å². The molecule has 0 bridgehead atoms. The first kappa shape index (κ1) is 20.9. The highest BCUT2D eigenvalue weighted by atomic mass is 16.5. The number of ether oxygens (including phenoxy) is 1. The lowest BCUT2D eigenvalue weighted by Gasteiger charge is -2.43. The van der Waals surface area contributed by atoms with Crippen molar-refractivity contribution >= 4 is 11.6 Å². The lowest BCUT2D eigenvalue weighted by atomic mass is 9.96. The molecule has 1 unspecified atom stereocenters. The third-order valence-electron chi connectivity index (χ3n) is 5.86. The number of para-hydroxylation sites is 1. The first-order valence-corrected chi connectivity index (χ1v) is 10.9. The third-order valence-corrected chi connectivity index (χ3v) is 5.86. The number of fused-ring (bicyclic) bond motifs is 5. The first-order chi connectivity index (χ1) is 14.4. The van der Waals surface area contributed by atoms with E-state index in [0.29, 0.717) is 12.6 Å². The Morgan fingerprint density at radius 2 is 1.80 bits per heavy atom. The lowest BCUT2D eigenvalue weighted by molar-refractivity contribution is -0.127. The van der Waals surface area contributed by atoms with Gasteiger partial charge >= 0.3 is 0 Å². The van der Waals surface area contributed by atoms with Crippen molar-refractivity contribution in [2.45, 2.75) is 38.8 Å². The predicted octanol–water partition coefficient (Wildman–Crippen LogP) is 3.39. The number of hydrogen-bond donors (Lipinski definition) is 1. The highest BCUT2D eigenvalue weighted by Crippen LogP contribution is 2.38. The molecule has 0 aliphatic carbocycles. The van der Waals surface area contributed by atoms with E-state index in [0.717, 1.165) is 32.6 Å². The van der Waals surface area contributed by atoms with Crippen molar-refractivity contribution in [2.24, 2.45) is 0 Å². The minimum absolute atomic E-state index is 0.0541. The molecule has 2 aliphatic rings. The zero-order valence-electron chi connectivity index (χ0n) is 18.4. The molecule has 5 heteroatoms. The van der Waals surface area contributed by atoms with E-state index in [1.54, 1.807) is 0 Å². The number of nitrogens with zero attached hydrogens (tertiary/aromatic N) is 2. The molecule has 0 spiro atoms. The summed E-state index contributed by atoms with van der Waals surface area (Å²) in [6.45, 7) is 10.5. The summed E-state index contributed by atoms with van der Waals surface area (Å²) in [6.07, 6.45) is 0.991. The van der Waals surface area contributed by atoms with Gasteiger partial charge in [0.1, 0.15) is 6.61 Å². The van der Waals surface area contributed by atoms with Crippen LogP contribution in [0.3, 0.4) is 0 Å². The Kier molecular flexibility index (Phi) is 6.11. The second-order valence-corrected chi connectivity index (χ2v) is 9.36. The first-order valence-electron chi connectivity index (χ1n) is 10.9. The monoisotopic (exact) mass is 407 g/mol. The molecular formula is C25H33N3O2. The summed E-state index contributed by atoms with van der Waals surface area (Å²) < 4.78 is 5.66. The number of piperazine rings is 1. The van der Waals surface area contributed by atoms with Crippen LogP contribution < -0.4 is 10.2 Å². The van der Waals surface area contributed by atoms with Gasteiger partial charge in [0.25, 0.3) is 0 Å². The minimum Gasteiger partial charge on any atom is -0.370 e. The average molecular weight is 408 g/mol. The van der Waals surface area contributed by atoms with E-state index in [2.05, 4.69) is 63.6 Å². The van der Waals surface area contributed by atoms with Crippen LogP contribution in [-0.2, 0) is 16.0 Å². The summed E-state index contributed by atoms with van der Waals surface area (Å²) in [5.74, 6) is -0.0541. The maximum Gasteiger partial charge on any atom is 0.246 e. The van der Waals surface area contributed by atoms with E-state index < -0.39 is 0 Å². The summed E-state index contributed by atoms with van der Waals surface area (Å²) in [6, 6.07) is 18.0. The average Bonchev–Trinajstić information content (AvgIpc) is 2.84. The van der Waals surface area contributed by atoms with Crippen LogP contribution in [0, 0.1) is 0 Å². The number of benzene rings is 2. The second kappa shape index (κ2) is 8.78. The van der Waals surface area contributed by atoms with Crippen LogP contribution in [0.1, 0.15) is 43.5 Å². The Labute approximate surface area is 180 Å². The molecule has 2 heterocycles. The fourth-order valence-corrected chi connectivity index (χ4v) is 4.58. The summed E-state index contributed by atoms with van der Waals surface area (Å²) in [7, 11) is 0. The third kappa shape index (κ3) is 4.85. The second-order valence-electron chi connectivity index (χ2n) is 9.36. The van der Waals surface area contributed by atoms with Crippen LogP contribution in [-0.4, -0.2) is 55.7 Å². The Balaban J connectivity index is 1.40. The molecule has 2 aromatic rings. The van der Waals surface area contributed by atoms with Crippen LogP contribution in [0.4, 0.5) is 5.69 Å². The van der Waals surface area contributed by atoms with Crippen LogP contribution >= 0.6 is 0 Å². The number of amides is 1. The van der Waals surface area contributed by atoms with Gasteiger partial charge in [0.05, 0.1) is 12.6 Å². The number of nitrogens with one attached hydrogen (secondary N) is 1. The van der Waals surface area contributed by atoms with E-state index in [1.807, 2.05) is 20.8 Å².